The average molecular weight is 654 g/mol. The Kier molecular flexibility index (Phi) is 6.89. The maximum absolute atomic E-state index is 6.71. The number of nitrogens with one attached hydrogen (secondary N) is 1. The molecule has 2 aliphatic heterocycles. The molecule has 242 valence electrons. The van der Waals surface area contributed by atoms with Gasteiger partial charge in [-0.3, -0.25) is 0 Å². The third kappa shape index (κ3) is 4.64. The van der Waals surface area contributed by atoms with Gasteiger partial charge in [-0.15, -0.1) is 0 Å². The van der Waals surface area contributed by atoms with E-state index >= 15 is 0 Å². The van der Waals surface area contributed by atoms with Crippen molar-refractivity contribution >= 4 is 16.9 Å². The molecule has 51 heavy (non-hydrogen) atoms. The molecular formula is C49H35NO. The zero-order valence-electron chi connectivity index (χ0n) is 28.1. The lowest BCUT2D eigenvalue weighted by Crippen LogP contribution is -2.37. The van der Waals surface area contributed by atoms with Crippen LogP contribution in [0.1, 0.15) is 45.7 Å². The summed E-state index contributed by atoms with van der Waals surface area (Å²) in [5.41, 5.74) is 15.1. The van der Waals surface area contributed by atoms with Crippen LogP contribution in [0.15, 0.2) is 188 Å². The number of fused-ring (bicyclic) bond motifs is 8. The van der Waals surface area contributed by atoms with E-state index < -0.39 is 5.41 Å². The zero-order valence-corrected chi connectivity index (χ0v) is 28.1. The molecule has 0 saturated heterocycles. The third-order valence-corrected chi connectivity index (χ3v) is 10.9. The zero-order chi connectivity index (χ0) is 33.8. The van der Waals surface area contributed by atoms with Crippen LogP contribution < -0.4 is 10.1 Å². The summed E-state index contributed by atoms with van der Waals surface area (Å²) < 4.78 is 6.71. The number of rotatable bonds is 4. The van der Waals surface area contributed by atoms with E-state index in [1.807, 2.05) is 0 Å². The number of ether oxygens (including phenoxy) is 1. The predicted molar refractivity (Wildman–Crippen MR) is 210 cm³/mol. The van der Waals surface area contributed by atoms with Crippen LogP contribution in [0.5, 0.6) is 11.5 Å². The lowest BCUT2D eigenvalue weighted by molar-refractivity contribution is 0.434. The van der Waals surface area contributed by atoms with Crippen molar-refractivity contribution in [3.8, 4) is 33.8 Å². The van der Waals surface area contributed by atoms with E-state index in [4.69, 9.17) is 4.74 Å². The van der Waals surface area contributed by atoms with Gasteiger partial charge >= 0.3 is 0 Å². The Balaban J connectivity index is 1.24. The van der Waals surface area contributed by atoms with Gasteiger partial charge in [0.25, 0.3) is 0 Å². The normalized spacial score (nSPS) is 16.1. The number of allylic oxidation sites excluding steroid dienone is 4. The summed E-state index contributed by atoms with van der Waals surface area (Å²) >= 11 is 0. The first-order chi connectivity index (χ1) is 25.3. The van der Waals surface area contributed by atoms with Crippen LogP contribution in [-0.4, -0.2) is 0 Å². The molecule has 1 unspecified atom stereocenters. The van der Waals surface area contributed by atoms with Gasteiger partial charge in [-0.05, 0) is 86.8 Å². The Morgan fingerprint density at radius 1 is 0.490 bits per heavy atom. The molecule has 0 aromatic heterocycles. The highest BCUT2D eigenvalue weighted by Crippen LogP contribution is 2.61. The molecule has 0 saturated carbocycles. The molecule has 3 aliphatic rings. The Bertz CT molecular complexity index is 2460. The van der Waals surface area contributed by atoms with E-state index in [0.29, 0.717) is 0 Å². The van der Waals surface area contributed by atoms with E-state index in [2.05, 4.69) is 193 Å². The van der Waals surface area contributed by atoms with E-state index in [9.17, 15) is 0 Å². The van der Waals surface area contributed by atoms with Gasteiger partial charge < -0.3 is 10.1 Å². The van der Waals surface area contributed by atoms with Crippen molar-refractivity contribution in [2.24, 2.45) is 0 Å². The molecule has 0 fully saturated rings. The van der Waals surface area contributed by atoms with E-state index in [1.165, 1.54) is 50.1 Å². The number of hydrogen-bond donors (Lipinski definition) is 1. The molecule has 0 radical (unpaired) electrons. The van der Waals surface area contributed by atoms with Crippen LogP contribution in [0, 0.1) is 0 Å². The molecule has 10 rings (SSSR count). The van der Waals surface area contributed by atoms with Crippen molar-refractivity contribution < 1.29 is 4.74 Å². The van der Waals surface area contributed by atoms with Crippen LogP contribution in [0.25, 0.3) is 27.8 Å². The van der Waals surface area contributed by atoms with Crippen LogP contribution >= 0.6 is 0 Å². The molecule has 1 aliphatic carbocycles. The number of anilines is 2. The minimum Gasteiger partial charge on any atom is -0.457 e. The van der Waals surface area contributed by atoms with E-state index in [0.717, 1.165) is 40.4 Å². The van der Waals surface area contributed by atoms with Crippen molar-refractivity contribution in [3.63, 3.8) is 0 Å². The van der Waals surface area contributed by atoms with Crippen molar-refractivity contribution in [2.75, 3.05) is 5.32 Å². The molecule has 1 atom stereocenters. The minimum absolute atomic E-state index is 0.232. The first kappa shape index (κ1) is 29.5. The summed E-state index contributed by atoms with van der Waals surface area (Å²) in [5.74, 6) is 2.01. The molecule has 7 aromatic carbocycles. The summed E-state index contributed by atoms with van der Waals surface area (Å²) in [6, 6.07) is 61.6. The van der Waals surface area contributed by atoms with Crippen LogP contribution in [0.3, 0.4) is 0 Å². The fourth-order valence-electron chi connectivity index (χ4n) is 8.67. The molecule has 0 bridgehead atoms. The van der Waals surface area contributed by atoms with Gasteiger partial charge in [-0.2, -0.15) is 0 Å². The van der Waals surface area contributed by atoms with E-state index in [-0.39, 0.29) is 5.92 Å². The number of para-hydroxylation sites is 2. The number of benzene rings is 7. The van der Waals surface area contributed by atoms with Crippen molar-refractivity contribution in [3.05, 3.63) is 221 Å². The van der Waals surface area contributed by atoms with Gasteiger partial charge in [0.2, 0.25) is 0 Å². The number of hydrogen-bond acceptors (Lipinski definition) is 2. The quantitative estimate of drug-likeness (QED) is 0.204. The molecular weight excluding hydrogens is 619 g/mol. The van der Waals surface area contributed by atoms with Crippen LogP contribution in [0.4, 0.5) is 11.4 Å². The van der Waals surface area contributed by atoms with Crippen molar-refractivity contribution in [2.45, 2.75) is 17.8 Å². The first-order valence-corrected chi connectivity index (χ1v) is 17.8. The van der Waals surface area contributed by atoms with Gasteiger partial charge in [-0.25, -0.2) is 0 Å². The van der Waals surface area contributed by atoms with Crippen LogP contribution in [-0.2, 0) is 5.41 Å². The molecule has 7 aromatic rings. The molecule has 2 nitrogen and oxygen atoms in total. The predicted octanol–water partition coefficient (Wildman–Crippen LogP) is 12.7. The second-order valence-corrected chi connectivity index (χ2v) is 13.7. The van der Waals surface area contributed by atoms with Gasteiger partial charge in [0.15, 0.2) is 0 Å². The Morgan fingerprint density at radius 3 is 1.76 bits per heavy atom. The maximum atomic E-state index is 6.71. The summed E-state index contributed by atoms with van der Waals surface area (Å²) in [6.07, 6.45) is 7.75. The summed E-state index contributed by atoms with van der Waals surface area (Å²) in [4.78, 5) is 0. The third-order valence-electron chi connectivity index (χ3n) is 10.9. The topological polar surface area (TPSA) is 21.3 Å². The molecule has 2 heterocycles. The second kappa shape index (κ2) is 11.9. The Morgan fingerprint density at radius 2 is 1.06 bits per heavy atom. The highest BCUT2D eigenvalue weighted by atomic mass is 16.5. The summed E-state index contributed by atoms with van der Waals surface area (Å²) in [5, 5.41) is 3.90. The van der Waals surface area contributed by atoms with Gasteiger partial charge in [0.1, 0.15) is 11.5 Å². The van der Waals surface area contributed by atoms with Gasteiger partial charge in [0.05, 0.1) is 5.41 Å². The standard InChI is InChI=1S/C49H35NO/c1-3-15-33(16-4-1)37-19-7-9-21-39(37)35-27-29-45-43(31-35)49(41-23-11-13-25-47(41)51-48-26-14-12-24-42(48)49)44-32-36(28-30-46(44)50-45)40-22-10-8-20-38(40)34-17-5-2-6-18-34/h1-21,23-32,40,50H,22H2. The highest BCUT2D eigenvalue weighted by Gasteiger charge is 2.50. The highest BCUT2D eigenvalue weighted by molar-refractivity contribution is 5.90. The van der Waals surface area contributed by atoms with Crippen LogP contribution in [0.2, 0.25) is 0 Å². The smallest absolute Gasteiger partial charge is 0.132 e. The van der Waals surface area contributed by atoms with Gasteiger partial charge in [-0.1, -0.05) is 158 Å². The Labute approximate surface area is 299 Å². The molecule has 0 amide bonds. The fourth-order valence-corrected chi connectivity index (χ4v) is 8.67. The summed E-state index contributed by atoms with van der Waals surface area (Å²) in [6.45, 7) is 0. The lowest BCUT2D eigenvalue weighted by Gasteiger charge is -2.46. The van der Waals surface area contributed by atoms with Gasteiger partial charge in [0, 0.05) is 28.4 Å². The summed E-state index contributed by atoms with van der Waals surface area (Å²) in [7, 11) is 0. The first-order valence-electron chi connectivity index (χ1n) is 17.8. The van der Waals surface area contributed by atoms with Crippen molar-refractivity contribution in [1.82, 2.24) is 0 Å². The van der Waals surface area contributed by atoms with Crippen molar-refractivity contribution in [1.29, 1.82) is 0 Å². The fraction of sp³-hybridized carbons (Fsp3) is 0.0612. The SMILES string of the molecule is C1=CCC(c2ccc3c(c2)C2(c4cc(-c5ccccc5-c5ccccc5)ccc4N3)c3ccccc3Oc3ccccc32)C(c2ccccc2)=C1. The average Bonchev–Trinajstić information content (AvgIpc) is 3.21. The molecule has 2 heteroatoms. The van der Waals surface area contributed by atoms with E-state index in [1.54, 1.807) is 0 Å². The monoisotopic (exact) mass is 653 g/mol. The maximum Gasteiger partial charge on any atom is 0.132 e. The minimum atomic E-state index is -0.629. The Hall–Kier alpha value is -6.38. The second-order valence-electron chi connectivity index (χ2n) is 13.7. The lowest BCUT2D eigenvalue weighted by atomic mass is 9.60. The molecule has 1 N–H and O–H groups in total. The molecule has 1 spiro atoms. The largest absolute Gasteiger partial charge is 0.457 e.